The number of hydrogen-bond acceptors (Lipinski definition) is 2. The predicted molar refractivity (Wildman–Crippen MR) is 94.7 cm³/mol. The number of benzene rings is 1. The molecule has 130 valence electrons. The maximum Gasteiger partial charge on any atom is 0.191 e. The first kappa shape index (κ1) is 16.8. The van der Waals surface area contributed by atoms with Crippen LogP contribution in [0.1, 0.15) is 31.2 Å². The van der Waals surface area contributed by atoms with Crippen LogP contribution in [0.25, 0.3) is 10.9 Å². The smallest absolute Gasteiger partial charge is 0.191 e. The van der Waals surface area contributed by atoms with E-state index in [0.717, 1.165) is 48.6 Å². The molecule has 4 N–H and O–H groups in total. The van der Waals surface area contributed by atoms with Gasteiger partial charge in [0.15, 0.2) is 5.96 Å². The number of fused-ring (bicyclic) bond motifs is 1. The van der Waals surface area contributed by atoms with Gasteiger partial charge in [-0.2, -0.15) is 0 Å². The zero-order valence-corrected chi connectivity index (χ0v) is 14.0. The molecule has 24 heavy (non-hydrogen) atoms. The number of aromatic nitrogens is 1. The number of H-pyrrole nitrogens is 1. The minimum Gasteiger partial charge on any atom is -0.388 e. The van der Waals surface area contributed by atoms with Gasteiger partial charge in [-0.15, -0.1) is 0 Å². The third kappa shape index (κ3) is 3.87. The average molecular weight is 332 g/mol. The second-order valence-corrected chi connectivity index (χ2v) is 6.54. The van der Waals surface area contributed by atoms with Crippen molar-refractivity contribution in [1.82, 2.24) is 15.6 Å². The number of aliphatic imine (C=N–C) groups is 1. The maximum absolute atomic E-state index is 13.2. The van der Waals surface area contributed by atoms with Gasteiger partial charge in [0.05, 0.1) is 5.60 Å². The van der Waals surface area contributed by atoms with Gasteiger partial charge >= 0.3 is 0 Å². The molecular weight excluding hydrogens is 307 g/mol. The first-order valence-electron chi connectivity index (χ1n) is 8.52. The summed E-state index contributed by atoms with van der Waals surface area (Å²) in [5, 5.41) is 17.9. The molecule has 6 heteroatoms. The van der Waals surface area contributed by atoms with Gasteiger partial charge < -0.3 is 20.7 Å². The van der Waals surface area contributed by atoms with Crippen LogP contribution in [-0.4, -0.2) is 41.8 Å². The van der Waals surface area contributed by atoms with Gasteiger partial charge in [0.2, 0.25) is 0 Å². The molecule has 0 spiro atoms. The minimum absolute atomic E-state index is 0.233. The molecule has 1 aliphatic rings. The summed E-state index contributed by atoms with van der Waals surface area (Å²) in [6.45, 7) is 1.24. The third-order valence-electron chi connectivity index (χ3n) is 4.76. The molecule has 3 rings (SSSR count). The highest BCUT2D eigenvalue weighted by atomic mass is 19.1. The Balaban J connectivity index is 1.50. The summed E-state index contributed by atoms with van der Waals surface area (Å²) in [6, 6.07) is 4.80. The van der Waals surface area contributed by atoms with Crippen LogP contribution in [0, 0.1) is 5.82 Å². The molecule has 1 aromatic carbocycles. The second-order valence-electron chi connectivity index (χ2n) is 6.54. The van der Waals surface area contributed by atoms with Gasteiger partial charge in [0, 0.05) is 37.2 Å². The lowest BCUT2D eigenvalue weighted by Crippen LogP contribution is -2.46. The molecule has 0 unspecified atom stereocenters. The fourth-order valence-electron chi connectivity index (χ4n) is 3.36. The van der Waals surface area contributed by atoms with Crippen molar-refractivity contribution in [1.29, 1.82) is 0 Å². The molecule has 1 fully saturated rings. The Kier molecular flexibility index (Phi) is 5.04. The van der Waals surface area contributed by atoms with Crippen molar-refractivity contribution >= 4 is 16.9 Å². The minimum atomic E-state index is -0.599. The number of nitrogens with zero attached hydrogens (tertiary/aromatic N) is 1. The van der Waals surface area contributed by atoms with E-state index in [1.807, 2.05) is 6.20 Å². The number of guanidine groups is 1. The van der Waals surface area contributed by atoms with E-state index in [-0.39, 0.29) is 5.82 Å². The Labute approximate surface area is 141 Å². The van der Waals surface area contributed by atoms with Crippen molar-refractivity contribution in [2.75, 3.05) is 20.1 Å². The van der Waals surface area contributed by atoms with Gasteiger partial charge in [-0.25, -0.2) is 4.39 Å². The topological polar surface area (TPSA) is 72.4 Å². The molecule has 0 bridgehead atoms. The van der Waals surface area contributed by atoms with E-state index in [1.165, 1.54) is 12.1 Å². The predicted octanol–water partition coefficient (Wildman–Crippen LogP) is 2.32. The van der Waals surface area contributed by atoms with Crippen molar-refractivity contribution in [3.05, 3.63) is 35.8 Å². The molecule has 1 heterocycles. The van der Waals surface area contributed by atoms with Gasteiger partial charge in [-0.05, 0) is 43.0 Å². The molecule has 1 saturated carbocycles. The summed E-state index contributed by atoms with van der Waals surface area (Å²) in [4.78, 5) is 7.30. The second kappa shape index (κ2) is 7.21. The van der Waals surface area contributed by atoms with Crippen LogP contribution in [0.15, 0.2) is 29.4 Å². The van der Waals surface area contributed by atoms with E-state index < -0.39 is 5.60 Å². The Bertz CT molecular complexity index is 719. The number of hydrogen-bond donors (Lipinski definition) is 4. The van der Waals surface area contributed by atoms with E-state index in [0.29, 0.717) is 19.0 Å². The molecule has 0 amide bonds. The van der Waals surface area contributed by atoms with Crippen molar-refractivity contribution in [2.24, 2.45) is 4.99 Å². The summed E-state index contributed by atoms with van der Waals surface area (Å²) < 4.78 is 13.2. The molecule has 0 aliphatic heterocycles. The quantitative estimate of drug-likeness (QED) is 0.502. The molecule has 0 saturated heterocycles. The van der Waals surface area contributed by atoms with Crippen LogP contribution in [0.3, 0.4) is 0 Å². The first-order valence-corrected chi connectivity index (χ1v) is 8.52. The zero-order valence-electron chi connectivity index (χ0n) is 14.0. The molecule has 2 aromatic rings. The van der Waals surface area contributed by atoms with Gasteiger partial charge in [0.25, 0.3) is 0 Å². The molecule has 1 aromatic heterocycles. The Morgan fingerprint density at radius 2 is 2.12 bits per heavy atom. The fourth-order valence-corrected chi connectivity index (χ4v) is 3.36. The van der Waals surface area contributed by atoms with Crippen LogP contribution < -0.4 is 10.6 Å². The van der Waals surface area contributed by atoms with E-state index in [4.69, 9.17) is 0 Å². The number of rotatable bonds is 5. The van der Waals surface area contributed by atoms with E-state index >= 15 is 0 Å². The van der Waals surface area contributed by atoms with Crippen molar-refractivity contribution < 1.29 is 9.50 Å². The van der Waals surface area contributed by atoms with Crippen LogP contribution in [0.5, 0.6) is 0 Å². The highest BCUT2D eigenvalue weighted by Crippen LogP contribution is 2.28. The SMILES string of the molecule is CN=C(NCCc1c[nH]c2cc(F)ccc12)NCC1(O)CCCC1. The first-order chi connectivity index (χ1) is 11.6. The highest BCUT2D eigenvalue weighted by Gasteiger charge is 2.30. The molecular formula is C18H25FN4O. The van der Waals surface area contributed by atoms with Crippen LogP contribution in [0.2, 0.25) is 0 Å². The van der Waals surface area contributed by atoms with E-state index in [9.17, 15) is 9.50 Å². The van der Waals surface area contributed by atoms with E-state index in [1.54, 1.807) is 13.1 Å². The molecule has 0 atom stereocenters. The summed E-state index contributed by atoms with van der Waals surface area (Å²) in [6.07, 6.45) is 6.60. The molecule has 5 nitrogen and oxygen atoms in total. The van der Waals surface area contributed by atoms with Crippen molar-refractivity contribution in [2.45, 2.75) is 37.7 Å². The number of nitrogens with one attached hydrogen (secondary N) is 3. The summed E-state index contributed by atoms with van der Waals surface area (Å²) in [5.41, 5.74) is 1.36. The Morgan fingerprint density at radius 1 is 1.33 bits per heavy atom. The average Bonchev–Trinajstić information content (AvgIpc) is 3.17. The van der Waals surface area contributed by atoms with Gasteiger partial charge in [0.1, 0.15) is 5.82 Å². The highest BCUT2D eigenvalue weighted by molar-refractivity contribution is 5.83. The number of aromatic amines is 1. The monoisotopic (exact) mass is 332 g/mol. The lowest BCUT2D eigenvalue weighted by atomic mass is 10.0. The molecule has 1 aliphatic carbocycles. The Hall–Kier alpha value is -2.08. The van der Waals surface area contributed by atoms with Crippen LogP contribution in [0.4, 0.5) is 4.39 Å². The lowest BCUT2D eigenvalue weighted by Gasteiger charge is -2.23. The standard InChI is InChI=1S/C18H25FN4O/c1-20-17(23-12-18(24)7-2-3-8-18)21-9-6-13-11-22-16-10-14(19)4-5-15(13)16/h4-5,10-11,22,24H,2-3,6-9,12H2,1H3,(H2,20,21,23). The number of halogens is 1. The molecule has 0 radical (unpaired) electrons. The summed E-state index contributed by atoms with van der Waals surface area (Å²) in [5.74, 6) is 0.463. The van der Waals surface area contributed by atoms with Crippen molar-refractivity contribution in [3.8, 4) is 0 Å². The van der Waals surface area contributed by atoms with Crippen LogP contribution in [-0.2, 0) is 6.42 Å². The van der Waals surface area contributed by atoms with Crippen LogP contribution >= 0.6 is 0 Å². The summed E-state index contributed by atoms with van der Waals surface area (Å²) >= 11 is 0. The van der Waals surface area contributed by atoms with Gasteiger partial charge in [-0.1, -0.05) is 12.8 Å². The van der Waals surface area contributed by atoms with Crippen molar-refractivity contribution in [3.63, 3.8) is 0 Å². The largest absolute Gasteiger partial charge is 0.388 e. The normalized spacial score (nSPS) is 17.4. The zero-order chi connectivity index (χ0) is 17.0. The summed E-state index contributed by atoms with van der Waals surface area (Å²) in [7, 11) is 1.72. The Morgan fingerprint density at radius 3 is 2.88 bits per heavy atom. The third-order valence-corrected chi connectivity index (χ3v) is 4.76. The van der Waals surface area contributed by atoms with E-state index in [2.05, 4.69) is 20.6 Å². The maximum atomic E-state index is 13.2. The van der Waals surface area contributed by atoms with Gasteiger partial charge in [-0.3, -0.25) is 4.99 Å². The lowest BCUT2D eigenvalue weighted by molar-refractivity contribution is 0.0522. The number of aliphatic hydroxyl groups is 1. The fraction of sp³-hybridized carbons (Fsp3) is 0.500.